The molecule has 1 fully saturated rings. The van der Waals surface area contributed by atoms with Crippen LogP contribution in [0.3, 0.4) is 0 Å². The number of piperidine rings is 1. The van der Waals surface area contributed by atoms with E-state index in [4.69, 9.17) is 4.74 Å². The minimum Gasteiger partial charge on any atom is -0.466 e. The van der Waals surface area contributed by atoms with Gasteiger partial charge in [0.2, 0.25) is 0 Å². The normalized spacial score (nSPS) is 18.1. The van der Waals surface area contributed by atoms with Gasteiger partial charge in [0.15, 0.2) is 5.96 Å². The van der Waals surface area contributed by atoms with E-state index in [9.17, 15) is 4.79 Å². The molecule has 2 heterocycles. The summed E-state index contributed by atoms with van der Waals surface area (Å²) >= 11 is 1.70. The molecular formula is C16H27IN4O2S. The van der Waals surface area contributed by atoms with Gasteiger partial charge in [-0.2, -0.15) is 0 Å². The highest BCUT2D eigenvalue weighted by atomic mass is 127. The Kier molecular flexibility index (Phi) is 8.96. The second kappa shape index (κ2) is 10.2. The number of carbonyl (C=O) groups excluding carboxylic acids is 1. The van der Waals surface area contributed by atoms with Gasteiger partial charge in [-0.15, -0.1) is 35.3 Å². The molecule has 1 aliphatic rings. The number of thiazole rings is 1. The lowest BCUT2D eigenvalue weighted by Crippen LogP contribution is -2.48. The van der Waals surface area contributed by atoms with Gasteiger partial charge in [0, 0.05) is 25.0 Å². The number of nitrogens with zero attached hydrogens (tertiary/aromatic N) is 3. The lowest BCUT2D eigenvalue weighted by molar-refractivity contribution is -0.149. The van der Waals surface area contributed by atoms with E-state index in [0.717, 1.165) is 36.0 Å². The number of aryl methyl sites for hydroxylation is 2. The number of guanidine groups is 1. The minimum absolute atomic E-state index is 0. The van der Waals surface area contributed by atoms with Crippen LogP contribution in [0.5, 0.6) is 0 Å². The highest BCUT2D eigenvalue weighted by Gasteiger charge is 2.28. The van der Waals surface area contributed by atoms with Crippen molar-refractivity contribution in [1.29, 1.82) is 0 Å². The van der Waals surface area contributed by atoms with E-state index in [-0.39, 0.29) is 35.9 Å². The summed E-state index contributed by atoms with van der Waals surface area (Å²) in [6, 6.07) is 0. The fraction of sp³-hybridized carbons (Fsp3) is 0.688. The third-order valence-corrected chi connectivity index (χ3v) is 5.03. The molecule has 0 aromatic carbocycles. The summed E-state index contributed by atoms with van der Waals surface area (Å²) in [5, 5.41) is 4.47. The summed E-state index contributed by atoms with van der Waals surface area (Å²) < 4.78 is 5.16. The maximum absolute atomic E-state index is 12.0. The standard InChI is InChI=1S/C16H26N4O2S.HI/c1-5-22-15(21)13-7-6-8-20(10-13)16(17-4)18-9-14-11(2)19-12(3)23-14;/h13H,5-10H2,1-4H3,(H,17,18);1H. The average Bonchev–Trinajstić information content (AvgIpc) is 2.86. The maximum Gasteiger partial charge on any atom is 0.310 e. The predicted molar refractivity (Wildman–Crippen MR) is 108 cm³/mol. The molecule has 1 aromatic rings. The summed E-state index contributed by atoms with van der Waals surface area (Å²) in [4.78, 5) is 24.2. The number of nitrogens with one attached hydrogen (secondary N) is 1. The molecule has 1 N–H and O–H groups in total. The van der Waals surface area contributed by atoms with Gasteiger partial charge in [0.1, 0.15) is 0 Å². The van der Waals surface area contributed by atoms with E-state index in [1.165, 1.54) is 4.88 Å². The second-order valence-corrected chi connectivity index (χ2v) is 6.97. The fourth-order valence-electron chi connectivity index (χ4n) is 2.85. The molecule has 0 aliphatic carbocycles. The van der Waals surface area contributed by atoms with E-state index in [1.54, 1.807) is 18.4 Å². The SMILES string of the molecule is CCOC(=O)C1CCCN(C(=NC)NCc2sc(C)nc2C)C1.I. The molecule has 0 amide bonds. The molecule has 8 heteroatoms. The number of ether oxygens (including phenoxy) is 1. The highest BCUT2D eigenvalue weighted by molar-refractivity contribution is 14.0. The lowest BCUT2D eigenvalue weighted by Gasteiger charge is -2.33. The number of likely N-dealkylation sites (tertiary alicyclic amines) is 1. The van der Waals surface area contributed by atoms with Gasteiger partial charge in [-0.25, -0.2) is 4.98 Å². The van der Waals surface area contributed by atoms with Crippen molar-refractivity contribution >= 4 is 47.2 Å². The first kappa shape index (κ1) is 21.1. The first-order valence-electron chi connectivity index (χ1n) is 8.10. The molecule has 1 aromatic heterocycles. The van der Waals surface area contributed by atoms with Gasteiger partial charge in [0.25, 0.3) is 0 Å². The van der Waals surface area contributed by atoms with Crippen molar-refractivity contribution in [3.8, 4) is 0 Å². The number of rotatable bonds is 4. The topological polar surface area (TPSA) is 66.8 Å². The number of halogens is 1. The smallest absolute Gasteiger partial charge is 0.310 e. The summed E-state index contributed by atoms with van der Waals surface area (Å²) in [5.74, 6) is 0.681. The number of hydrogen-bond acceptors (Lipinski definition) is 5. The van der Waals surface area contributed by atoms with Gasteiger partial charge in [0.05, 0.1) is 29.8 Å². The van der Waals surface area contributed by atoms with Crippen molar-refractivity contribution in [3.05, 3.63) is 15.6 Å². The molecule has 6 nitrogen and oxygen atoms in total. The van der Waals surface area contributed by atoms with Crippen molar-refractivity contribution in [1.82, 2.24) is 15.2 Å². The Bertz CT molecular complexity index is 576. The Morgan fingerprint density at radius 2 is 2.25 bits per heavy atom. The molecule has 1 aliphatic heterocycles. The Morgan fingerprint density at radius 1 is 1.50 bits per heavy atom. The van der Waals surface area contributed by atoms with Crippen LogP contribution in [-0.4, -0.2) is 48.6 Å². The molecule has 0 spiro atoms. The Labute approximate surface area is 165 Å². The van der Waals surface area contributed by atoms with Crippen LogP contribution in [-0.2, 0) is 16.1 Å². The molecule has 2 rings (SSSR count). The number of carbonyl (C=O) groups is 1. The predicted octanol–water partition coefficient (Wildman–Crippen LogP) is 2.73. The van der Waals surface area contributed by atoms with Crippen LogP contribution in [0.15, 0.2) is 4.99 Å². The number of hydrogen-bond donors (Lipinski definition) is 1. The van der Waals surface area contributed by atoms with Gasteiger partial charge in [-0.3, -0.25) is 9.79 Å². The number of aliphatic imine (C=N–C) groups is 1. The van der Waals surface area contributed by atoms with Crippen LogP contribution < -0.4 is 5.32 Å². The largest absolute Gasteiger partial charge is 0.466 e. The average molecular weight is 466 g/mol. The fourth-order valence-corrected chi connectivity index (χ4v) is 3.73. The molecule has 0 radical (unpaired) electrons. The van der Waals surface area contributed by atoms with Gasteiger partial charge >= 0.3 is 5.97 Å². The molecule has 1 atom stereocenters. The molecule has 136 valence electrons. The first-order valence-corrected chi connectivity index (χ1v) is 8.92. The van der Waals surface area contributed by atoms with Crippen LogP contribution in [0.25, 0.3) is 0 Å². The van der Waals surface area contributed by atoms with Crippen LogP contribution >= 0.6 is 35.3 Å². The van der Waals surface area contributed by atoms with E-state index in [0.29, 0.717) is 19.7 Å². The first-order chi connectivity index (χ1) is 11.0. The van der Waals surface area contributed by atoms with E-state index in [2.05, 4.69) is 20.2 Å². The van der Waals surface area contributed by atoms with Gasteiger partial charge < -0.3 is 15.0 Å². The van der Waals surface area contributed by atoms with Gasteiger partial charge in [-0.1, -0.05) is 0 Å². The molecule has 0 saturated carbocycles. The van der Waals surface area contributed by atoms with Crippen LogP contribution in [0.2, 0.25) is 0 Å². The third kappa shape index (κ3) is 5.58. The zero-order valence-electron chi connectivity index (χ0n) is 14.8. The van der Waals surface area contributed by atoms with Crippen molar-refractivity contribution < 1.29 is 9.53 Å². The molecule has 1 saturated heterocycles. The summed E-state index contributed by atoms with van der Waals surface area (Å²) in [5.41, 5.74) is 1.07. The monoisotopic (exact) mass is 466 g/mol. The molecule has 1 unspecified atom stereocenters. The second-order valence-electron chi connectivity index (χ2n) is 5.68. The zero-order chi connectivity index (χ0) is 16.8. The van der Waals surface area contributed by atoms with Crippen molar-refractivity contribution in [2.75, 3.05) is 26.7 Å². The van der Waals surface area contributed by atoms with E-state index < -0.39 is 0 Å². The van der Waals surface area contributed by atoms with E-state index in [1.807, 2.05) is 20.8 Å². The van der Waals surface area contributed by atoms with Crippen LogP contribution in [0, 0.1) is 19.8 Å². The molecule has 24 heavy (non-hydrogen) atoms. The Morgan fingerprint density at radius 3 is 2.83 bits per heavy atom. The van der Waals surface area contributed by atoms with Crippen LogP contribution in [0.1, 0.15) is 35.3 Å². The van der Waals surface area contributed by atoms with Crippen molar-refractivity contribution in [2.45, 2.75) is 40.2 Å². The summed E-state index contributed by atoms with van der Waals surface area (Å²) in [6.45, 7) is 8.62. The number of aromatic nitrogens is 1. The van der Waals surface area contributed by atoms with Gasteiger partial charge in [-0.05, 0) is 33.6 Å². The zero-order valence-corrected chi connectivity index (χ0v) is 17.9. The lowest BCUT2D eigenvalue weighted by atomic mass is 9.98. The Balaban J connectivity index is 0.00000288. The summed E-state index contributed by atoms with van der Waals surface area (Å²) in [6.07, 6.45) is 1.86. The third-order valence-electron chi connectivity index (χ3n) is 3.96. The minimum atomic E-state index is -0.0958. The molecule has 0 bridgehead atoms. The quantitative estimate of drug-likeness (QED) is 0.320. The molecular weight excluding hydrogens is 439 g/mol. The highest BCUT2D eigenvalue weighted by Crippen LogP contribution is 2.19. The number of esters is 1. The maximum atomic E-state index is 12.0. The Hall–Kier alpha value is -0.900. The van der Waals surface area contributed by atoms with Crippen molar-refractivity contribution in [3.63, 3.8) is 0 Å². The van der Waals surface area contributed by atoms with E-state index >= 15 is 0 Å². The summed E-state index contributed by atoms with van der Waals surface area (Å²) in [7, 11) is 1.78. The van der Waals surface area contributed by atoms with Crippen molar-refractivity contribution in [2.24, 2.45) is 10.9 Å². The van der Waals surface area contributed by atoms with Crippen LogP contribution in [0.4, 0.5) is 0 Å².